The molecule has 0 saturated carbocycles. The normalized spacial score (nSPS) is 12.2. The van der Waals surface area contributed by atoms with E-state index < -0.39 is 24.4 Å². The van der Waals surface area contributed by atoms with Crippen molar-refractivity contribution in [2.45, 2.75) is 0 Å². The number of para-hydroxylation sites is 1. The second-order valence-corrected chi connectivity index (χ2v) is 8.34. The van der Waals surface area contributed by atoms with E-state index >= 15 is 0 Å². The maximum Gasteiger partial charge on any atom is 0.338 e. The van der Waals surface area contributed by atoms with Crippen LogP contribution >= 0.6 is 0 Å². The Labute approximate surface area is 218 Å². The number of ketones is 1. The number of hydrogen-bond acceptors (Lipinski definition) is 7. The van der Waals surface area contributed by atoms with E-state index in [1.807, 2.05) is 30.3 Å². The van der Waals surface area contributed by atoms with Crippen molar-refractivity contribution in [1.29, 1.82) is 0 Å². The Kier molecular flexibility index (Phi) is 6.69. The number of anilines is 1. The number of benzene rings is 4. The summed E-state index contributed by atoms with van der Waals surface area (Å²) in [5, 5.41) is 0. The van der Waals surface area contributed by atoms with Crippen molar-refractivity contribution in [3.63, 3.8) is 0 Å². The van der Waals surface area contributed by atoms with Crippen molar-refractivity contribution in [2.75, 3.05) is 18.6 Å². The molecule has 5 rings (SSSR count). The molecule has 0 saturated heterocycles. The molecule has 0 radical (unpaired) electrons. The minimum Gasteiger partial charge on any atom is -0.497 e. The van der Waals surface area contributed by atoms with Gasteiger partial charge in [-0.05, 0) is 78.9 Å². The lowest BCUT2D eigenvalue weighted by Crippen LogP contribution is -2.29. The van der Waals surface area contributed by atoms with E-state index in [-0.39, 0.29) is 22.5 Å². The van der Waals surface area contributed by atoms with Gasteiger partial charge in [0.2, 0.25) is 0 Å². The lowest BCUT2D eigenvalue weighted by Gasteiger charge is -2.14. The van der Waals surface area contributed by atoms with Crippen LogP contribution < -0.4 is 14.4 Å². The zero-order valence-corrected chi connectivity index (χ0v) is 20.2. The third-order valence-electron chi connectivity index (χ3n) is 5.94. The highest BCUT2D eigenvalue weighted by Crippen LogP contribution is 2.31. The van der Waals surface area contributed by atoms with Gasteiger partial charge in [0.15, 0.2) is 12.4 Å². The second kappa shape index (κ2) is 10.4. The van der Waals surface area contributed by atoms with Crippen LogP contribution in [0.5, 0.6) is 17.2 Å². The Morgan fingerprint density at radius 2 is 1.29 bits per heavy atom. The number of imide groups is 1. The van der Waals surface area contributed by atoms with Crippen molar-refractivity contribution in [1.82, 2.24) is 0 Å². The molecule has 0 bridgehead atoms. The summed E-state index contributed by atoms with van der Waals surface area (Å²) in [4.78, 5) is 52.1. The maximum absolute atomic E-state index is 13.1. The molecule has 8 heteroatoms. The number of rotatable bonds is 8. The third kappa shape index (κ3) is 4.87. The van der Waals surface area contributed by atoms with Crippen LogP contribution in [0.15, 0.2) is 97.1 Å². The van der Waals surface area contributed by atoms with Gasteiger partial charge in [-0.3, -0.25) is 14.4 Å². The van der Waals surface area contributed by atoms with E-state index in [1.54, 1.807) is 48.5 Å². The van der Waals surface area contributed by atoms with Crippen molar-refractivity contribution >= 4 is 29.3 Å². The quantitative estimate of drug-likeness (QED) is 0.181. The van der Waals surface area contributed by atoms with E-state index in [4.69, 9.17) is 14.2 Å². The molecule has 0 aromatic heterocycles. The summed E-state index contributed by atoms with van der Waals surface area (Å²) in [5.41, 5.74) is 1.04. The van der Waals surface area contributed by atoms with Crippen molar-refractivity contribution in [3.05, 3.63) is 119 Å². The fourth-order valence-corrected chi connectivity index (χ4v) is 3.96. The molecule has 0 atom stereocenters. The van der Waals surface area contributed by atoms with Crippen LogP contribution in [0.4, 0.5) is 5.69 Å². The number of amides is 2. The first-order valence-corrected chi connectivity index (χ1v) is 11.6. The summed E-state index contributed by atoms with van der Waals surface area (Å²) in [6.07, 6.45) is 0. The average molecular weight is 507 g/mol. The van der Waals surface area contributed by atoms with Gasteiger partial charge in [0.25, 0.3) is 11.8 Å². The van der Waals surface area contributed by atoms with E-state index in [2.05, 4.69) is 0 Å². The fourth-order valence-electron chi connectivity index (χ4n) is 3.96. The number of esters is 1. The van der Waals surface area contributed by atoms with Crippen LogP contribution in [0.25, 0.3) is 0 Å². The zero-order chi connectivity index (χ0) is 26.6. The number of hydrogen-bond donors (Lipinski definition) is 0. The van der Waals surface area contributed by atoms with Crippen molar-refractivity contribution in [3.8, 4) is 17.2 Å². The van der Waals surface area contributed by atoms with Crippen molar-refractivity contribution in [2.24, 2.45) is 0 Å². The van der Waals surface area contributed by atoms with Crippen LogP contribution in [0.2, 0.25) is 0 Å². The summed E-state index contributed by atoms with van der Waals surface area (Å²) in [6.45, 7) is -0.474. The summed E-state index contributed by atoms with van der Waals surface area (Å²) in [7, 11) is 1.52. The molecule has 4 aromatic rings. The molecule has 188 valence electrons. The molecule has 0 spiro atoms. The van der Waals surface area contributed by atoms with Gasteiger partial charge in [-0.2, -0.15) is 0 Å². The zero-order valence-electron chi connectivity index (χ0n) is 20.2. The van der Waals surface area contributed by atoms with Gasteiger partial charge < -0.3 is 14.2 Å². The minimum atomic E-state index is -0.782. The first-order valence-electron chi connectivity index (χ1n) is 11.6. The van der Waals surface area contributed by atoms with Crippen LogP contribution in [0, 0.1) is 0 Å². The Hall–Kier alpha value is -5.24. The molecule has 1 aliphatic rings. The Balaban J connectivity index is 1.26. The summed E-state index contributed by atoms with van der Waals surface area (Å²) in [5.74, 6) is -0.435. The number of methoxy groups -OCH3 is 1. The molecule has 38 heavy (non-hydrogen) atoms. The summed E-state index contributed by atoms with van der Waals surface area (Å²) >= 11 is 0. The van der Waals surface area contributed by atoms with Gasteiger partial charge in [-0.1, -0.05) is 18.2 Å². The maximum atomic E-state index is 13.1. The topological polar surface area (TPSA) is 99.2 Å². The van der Waals surface area contributed by atoms with E-state index in [0.717, 1.165) is 4.90 Å². The van der Waals surface area contributed by atoms with Gasteiger partial charge in [0, 0.05) is 5.56 Å². The van der Waals surface area contributed by atoms with Gasteiger partial charge in [-0.15, -0.1) is 0 Å². The Morgan fingerprint density at radius 1 is 0.684 bits per heavy atom. The van der Waals surface area contributed by atoms with E-state index in [9.17, 15) is 19.2 Å². The number of carbonyl (C=O) groups is 4. The van der Waals surface area contributed by atoms with Gasteiger partial charge in [-0.25, -0.2) is 9.69 Å². The number of fused-ring (bicyclic) bond motifs is 1. The molecule has 0 unspecified atom stereocenters. The van der Waals surface area contributed by atoms with E-state index in [1.165, 1.54) is 25.3 Å². The van der Waals surface area contributed by atoms with Gasteiger partial charge >= 0.3 is 5.97 Å². The van der Waals surface area contributed by atoms with Gasteiger partial charge in [0.05, 0.1) is 29.5 Å². The molecule has 0 aliphatic carbocycles. The molecule has 4 aromatic carbocycles. The van der Waals surface area contributed by atoms with Crippen LogP contribution in [0.1, 0.15) is 41.4 Å². The second-order valence-electron chi connectivity index (χ2n) is 8.34. The first kappa shape index (κ1) is 24.5. The number of nitrogens with zero attached hydrogens (tertiary/aromatic N) is 1. The van der Waals surface area contributed by atoms with E-state index in [0.29, 0.717) is 28.5 Å². The summed E-state index contributed by atoms with van der Waals surface area (Å²) < 4.78 is 16.0. The number of carbonyl (C=O) groups excluding carboxylic acids is 4. The summed E-state index contributed by atoms with van der Waals surface area (Å²) in [6, 6.07) is 26.3. The lowest BCUT2D eigenvalue weighted by atomic mass is 10.1. The monoisotopic (exact) mass is 507 g/mol. The SMILES string of the molecule is COc1ccc(C(=O)COC(=O)c2ccc3c(c2)C(=O)N(c2ccc(Oc4ccccc4)cc2)C3=O)cc1. The highest BCUT2D eigenvalue weighted by Gasteiger charge is 2.37. The van der Waals surface area contributed by atoms with Crippen LogP contribution in [-0.4, -0.2) is 37.3 Å². The fraction of sp³-hybridized carbons (Fsp3) is 0.0667. The standard InChI is InChI=1S/C30H21NO7/c1-36-22-12-7-19(8-13-22)27(32)18-37-30(35)20-9-16-25-26(17-20)29(34)31(28(25)33)21-10-14-24(15-11-21)38-23-5-3-2-4-6-23/h2-17H,18H2,1H3. The molecule has 0 fully saturated rings. The highest BCUT2D eigenvalue weighted by atomic mass is 16.5. The first-order chi connectivity index (χ1) is 18.4. The average Bonchev–Trinajstić information content (AvgIpc) is 3.21. The van der Waals surface area contributed by atoms with Crippen LogP contribution in [0.3, 0.4) is 0 Å². The number of ether oxygens (including phenoxy) is 3. The third-order valence-corrected chi connectivity index (χ3v) is 5.94. The van der Waals surface area contributed by atoms with Crippen molar-refractivity contribution < 1.29 is 33.4 Å². The smallest absolute Gasteiger partial charge is 0.338 e. The molecule has 1 heterocycles. The van der Waals surface area contributed by atoms with Gasteiger partial charge in [0.1, 0.15) is 17.2 Å². The highest BCUT2D eigenvalue weighted by molar-refractivity contribution is 6.34. The lowest BCUT2D eigenvalue weighted by molar-refractivity contribution is 0.0474. The molecule has 1 aliphatic heterocycles. The number of Topliss-reactive ketones (excluding diaryl/α,β-unsaturated/α-hetero) is 1. The molecule has 2 amide bonds. The predicted molar refractivity (Wildman–Crippen MR) is 138 cm³/mol. The molecule has 8 nitrogen and oxygen atoms in total. The Morgan fingerprint density at radius 3 is 1.97 bits per heavy atom. The van der Waals surface area contributed by atoms with Crippen LogP contribution in [-0.2, 0) is 4.74 Å². The minimum absolute atomic E-state index is 0.0564. The molecular formula is C30H21NO7. The molecule has 0 N–H and O–H groups in total. The molecular weight excluding hydrogens is 486 g/mol. The largest absolute Gasteiger partial charge is 0.497 e. The Bertz CT molecular complexity index is 1530. The predicted octanol–water partition coefficient (Wildman–Crippen LogP) is 5.33.